The molecule has 0 aliphatic rings. The molecule has 0 N–H and O–H groups in total. The summed E-state index contributed by atoms with van der Waals surface area (Å²) in [7, 11) is 0. The standard InChI is InChI=1S/C20H22N2O/c1-13-10-16(20(3,4)5)11-14(2)18(13)17-12-22-19(23-17)15-6-8-21-9-7-15/h6-12H,1-5H3. The van der Waals surface area contributed by atoms with Gasteiger partial charge in [-0.25, -0.2) is 4.98 Å². The van der Waals surface area contributed by atoms with Gasteiger partial charge in [-0.2, -0.15) is 0 Å². The van der Waals surface area contributed by atoms with Gasteiger partial charge >= 0.3 is 0 Å². The highest BCUT2D eigenvalue weighted by atomic mass is 16.4. The Hall–Kier alpha value is -2.42. The molecular weight excluding hydrogens is 284 g/mol. The van der Waals surface area contributed by atoms with Crippen LogP contribution in [-0.2, 0) is 5.41 Å². The zero-order valence-corrected chi connectivity index (χ0v) is 14.3. The minimum absolute atomic E-state index is 0.137. The Balaban J connectivity index is 2.05. The van der Waals surface area contributed by atoms with Crippen molar-refractivity contribution in [1.82, 2.24) is 9.97 Å². The lowest BCUT2D eigenvalue weighted by atomic mass is 9.83. The molecule has 118 valence electrons. The number of aromatic nitrogens is 2. The predicted molar refractivity (Wildman–Crippen MR) is 93.3 cm³/mol. The number of hydrogen-bond donors (Lipinski definition) is 0. The summed E-state index contributed by atoms with van der Waals surface area (Å²) < 4.78 is 6.00. The lowest BCUT2D eigenvalue weighted by Gasteiger charge is -2.21. The number of nitrogens with zero attached hydrogens (tertiary/aromatic N) is 2. The molecule has 0 saturated carbocycles. The quantitative estimate of drug-likeness (QED) is 0.643. The second-order valence-electron chi connectivity index (χ2n) is 7.00. The summed E-state index contributed by atoms with van der Waals surface area (Å²) in [6.45, 7) is 11.0. The molecule has 0 unspecified atom stereocenters. The van der Waals surface area contributed by atoms with Gasteiger partial charge in [0, 0.05) is 23.5 Å². The minimum Gasteiger partial charge on any atom is -0.436 e. The van der Waals surface area contributed by atoms with Crippen molar-refractivity contribution in [3.05, 3.63) is 59.5 Å². The van der Waals surface area contributed by atoms with E-state index in [0.29, 0.717) is 5.89 Å². The molecule has 0 bridgehead atoms. The number of aryl methyl sites for hydroxylation is 2. The van der Waals surface area contributed by atoms with Crippen LogP contribution in [-0.4, -0.2) is 9.97 Å². The summed E-state index contributed by atoms with van der Waals surface area (Å²) in [4.78, 5) is 8.45. The molecule has 23 heavy (non-hydrogen) atoms. The van der Waals surface area contributed by atoms with Gasteiger partial charge in [0.1, 0.15) is 0 Å². The number of benzene rings is 1. The Labute approximate surface area is 137 Å². The van der Waals surface area contributed by atoms with Crippen LogP contribution in [0, 0.1) is 13.8 Å². The Morgan fingerprint density at radius 3 is 2.13 bits per heavy atom. The van der Waals surface area contributed by atoms with Gasteiger partial charge in [-0.15, -0.1) is 0 Å². The number of pyridine rings is 1. The summed E-state index contributed by atoms with van der Waals surface area (Å²) in [6, 6.07) is 8.30. The third-order valence-electron chi connectivity index (χ3n) is 4.08. The van der Waals surface area contributed by atoms with Crippen molar-refractivity contribution in [1.29, 1.82) is 0 Å². The van der Waals surface area contributed by atoms with E-state index in [-0.39, 0.29) is 5.41 Å². The number of rotatable bonds is 2. The first-order valence-corrected chi connectivity index (χ1v) is 7.84. The highest BCUT2D eigenvalue weighted by Crippen LogP contribution is 2.34. The second kappa shape index (κ2) is 5.65. The van der Waals surface area contributed by atoms with Gasteiger partial charge in [-0.1, -0.05) is 32.9 Å². The lowest BCUT2D eigenvalue weighted by molar-refractivity contribution is 0.583. The molecule has 0 aliphatic heterocycles. The summed E-state index contributed by atoms with van der Waals surface area (Å²) in [5.41, 5.74) is 5.97. The molecule has 0 aliphatic carbocycles. The topological polar surface area (TPSA) is 38.9 Å². The Bertz CT molecular complexity index is 803. The molecule has 0 radical (unpaired) electrons. The van der Waals surface area contributed by atoms with Crippen LogP contribution in [0.15, 0.2) is 47.3 Å². The molecule has 3 heteroatoms. The van der Waals surface area contributed by atoms with E-state index in [0.717, 1.165) is 16.9 Å². The van der Waals surface area contributed by atoms with Crippen LogP contribution in [0.1, 0.15) is 37.5 Å². The Morgan fingerprint density at radius 2 is 1.57 bits per heavy atom. The van der Waals surface area contributed by atoms with E-state index in [9.17, 15) is 0 Å². The fraction of sp³-hybridized carbons (Fsp3) is 0.300. The van der Waals surface area contributed by atoms with Crippen LogP contribution in [0.25, 0.3) is 22.8 Å². The van der Waals surface area contributed by atoms with E-state index < -0.39 is 0 Å². The van der Waals surface area contributed by atoms with Crippen LogP contribution in [0.2, 0.25) is 0 Å². The third kappa shape index (κ3) is 3.04. The smallest absolute Gasteiger partial charge is 0.226 e. The molecule has 0 spiro atoms. The Kier molecular flexibility index (Phi) is 3.80. The molecule has 0 amide bonds. The van der Waals surface area contributed by atoms with Crippen molar-refractivity contribution in [3.63, 3.8) is 0 Å². The normalized spacial score (nSPS) is 11.7. The van der Waals surface area contributed by atoms with Crippen LogP contribution in [0.3, 0.4) is 0 Å². The van der Waals surface area contributed by atoms with Crippen molar-refractivity contribution in [3.8, 4) is 22.8 Å². The predicted octanol–water partition coefficient (Wildman–Crippen LogP) is 5.32. The minimum atomic E-state index is 0.137. The van der Waals surface area contributed by atoms with Gasteiger partial charge in [0.05, 0.1) is 6.20 Å². The highest BCUT2D eigenvalue weighted by Gasteiger charge is 2.18. The van der Waals surface area contributed by atoms with E-state index in [1.807, 2.05) is 18.3 Å². The fourth-order valence-electron chi connectivity index (χ4n) is 2.80. The number of hydrogen-bond acceptors (Lipinski definition) is 3. The van der Waals surface area contributed by atoms with E-state index in [1.165, 1.54) is 16.7 Å². The summed E-state index contributed by atoms with van der Waals surface area (Å²) >= 11 is 0. The molecule has 1 aromatic carbocycles. The zero-order valence-electron chi connectivity index (χ0n) is 14.3. The van der Waals surface area contributed by atoms with E-state index in [1.54, 1.807) is 12.4 Å². The summed E-state index contributed by atoms with van der Waals surface area (Å²) in [5.74, 6) is 1.44. The van der Waals surface area contributed by atoms with Gasteiger partial charge < -0.3 is 4.42 Å². The summed E-state index contributed by atoms with van der Waals surface area (Å²) in [6.07, 6.45) is 5.30. The average molecular weight is 306 g/mol. The molecular formula is C20H22N2O. The zero-order chi connectivity index (χ0) is 16.6. The SMILES string of the molecule is Cc1cc(C(C)(C)C)cc(C)c1-c1cnc(-c2ccncc2)o1. The van der Waals surface area contributed by atoms with Crippen LogP contribution >= 0.6 is 0 Å². The first kappa shape index (κ1) is 15.5. The van der Waals surface area contributed by atoms with Gasteiger partial charge in [0.25, 0.3) is 0 Å². The van der Waals surface area contributed by atoms with Crippen molar-refractivity contribution in [2.45, 2.75) is 40.0 Å². The molecule has 0 atom stereocenters. The molecule has 2 heterocycles. The molecule has 3 rings (SSSR count). The van der Waals surface area contributed by atoms with Crippen molar-refractivity contribution in [2.75, 3.05) is 0 Å². The van der Waals surface area contributed by atoms with Gasteiger partial charge in [0.15, 0.2) is 5.76 Å². The maximum Gasteiger partial charge on any atom is 0.226 e. The number of oxazole rings is 1. The molecule has 0 saturated heterocycles. The van der Waals surface area contributed by atoms with E-state index >= 15 is 0 Å². The van der Waals surface area contributed by atoms with Crippen molar-refractivity contribution < 1.29 is 4.42 Å². The van der Waals surface area contributed by atoms with Crippen LogP contribution in [0.5, 0.6) is 0 Å². The Morgan fingerprint density at radius 1 is 0.957 bits per heavy atom. The lowest BCUT2D eigenvalue weighted by Crippen LogP contribution is -2.12. The maximum atomic E-state index is 6.00. The fourth-order valence-corrected chi connectivity index (χ4v) is 2.80. The van der Waals surface area contributed by atoms with Crippen molar-refractivity contribution >= 4 is 0 Å². The molecule has 0 fully saturated rings. The third-order valence-corrected chi connectivity index (χ3v) is 4.08. The molecule has 2 aromatic heterocycles. The maximum absolute atomic E-state index is 6.00. The van der Waals surface area contributed by atoms with Crippen LogP contribution < -0.4 is 0 Å². The first-order valence-electron chi connectivity index (χ1n) is 7.84. The summed E-state index contributed by atoms with van der Waals surface area (Å²) in [5, 5.41) is 0. The highest BCUT2D eigenvalue weighted by molar-refractivity contribution is 5.68. The molecule has 3 aromatic rings. The largest absolute Gasteiger partial charge is 0.436 e. The second-order valence-corrected chi connectivity index (χ2v) is 7.00. The van der Waals surface area contributed by atoms with Gasteiger partial charge in [-0.3, -0.25) is 4.98 Å². The van der Waals surface area contributed by atoms with Gasteiger partial charge in [-0.05, 0) is 48.1 Å². The van der Waals surface area contributed by atoms with Crippen molar-refractivity contribution in [2.24, 2.45) is 0 Å². The van der Waals surface area contributed by atoms with Crippen LogP contribution in [0.4, 0.5) is 0 Å². The van der Waals surface area contributed by atoms with Gasteiger partial charge in [0.2, 0.25) is 5.89 Å². The van der Waals surface area contributed by atoms with E-state index in [2.05, 4.69) is 56.7 Å². The first-order chi connectivity index (χ1) is 10.9. The molecule has 3 nitrogen and oxygen atoms in total. The average Bonchev–Trinajstić information content (AvgIpc) is 2.96. The monoisotopic (exact) mass is 306 g/mol. The van der Waals surface area contributed by atoms with E-state index in [4.69, 9.17) is 4.42 Å².